The lowest BCUT2D eigenvalue weighted by Gasteiger charge is -2.21. The average Bonchev–Trinajstić information content (AvgIpc) is 3.28. The van der Waals surface area contributed by atoms with E-state index in [0.29, 0.717) is 25.0 Å². The van der Waals surface area contributed by atoms with Gasteiger partial charge in [0.05, 0.1) is 6.26 Å². The van der Waals surface area contributed by atoms with E-state index in [1.807, 2.05) is 18.2 Å². The molecule has 3 rings (SSSR count). The Labute approximate surface area is 166 Å². The van der Waals surface area contributed by atoms with Gasteiger partial charge in [-0.05, 0) is 37.0 Å². The predicted octanol–water partition coefficient (Wildman–Crippen LogP) is 1.37. The summed E-state index contributed by atoms with van der Waals surface area (Å²) in [5, 5.41) is 7.58. The summed E-state index contributed by atoms with van der Waals surface area (Å²) in [4.78, 5) is 6.63. The summed E-state index contributed by atoms with van der Waals surface area (Å²) in [6.45, 7) is 3.77. The Hall–Kier alpha value is -1.51. The van der Waals surface area contributed by atoms with Gasteiger partial charge in [-0.1, -0.05) is 17.7 Å². The second-order valence-corrected chi connectivity index (χ2v) is 9.70. The highest BCUT2D eigenvalue weighted by Gasteiger charge is 2.29. The van der Waals surface area contributed by atoms with E-state index in [4.69, 9.17) is 11.6 Å². The maximum Gasteiger partial charge on any atom is 0.211 e. The highest BCUT2D eigenvalue weighted by atomic mass is 35.5. The Morgan fingerprint density at radius 2 is 2.11 bits per heavy atom. The van der Waals surface area contributed by atoms with Crippen molar-refractivity contribution in [2.75, 3.05) is 50.9 Å². The maximum atomic E-state index is 11.6. The fourth-order valence-electron chi connectivity index (χ4n) is 3.68. The molecule has 150 valence electrons. The predicted molar refractivity (Wildman–Crippen MR) is 111 cm³/mol. The van der Waals surface area contributed by atoms with Gasteiger partial charge in [0.15, 0.2) is 5.96 Å². The zero-order valence-corrected chi connectivity index (χ0v) is 17.4. The summed E-state index contributed by atoms with van der Waals surface area (Å²) in [6, 6.07) is 8.24. The molecule has 0 aliphatic carbocycles. The number of sulfonamides is 1. The van der Waals surface area contributed by atoms with Gasteiger partial charge in [0.25, 0.3) is 0 Å². The van der Waals surface area contributed by atoms with E-state index < -0.39 is 10.0 Å². The molecule has 9 heteroatoms. The zero-order valence-electron chi connectivity index (χ0n) is 15.9. The molecule has 2 unspecified atom stereocenters. The first kappa shape index (κ1) is 20.2. The molecule has 1 aromatic carbocycles. The molecule has 7 nitrogen and oxygen atoms in total. The van der Waals surface area contributed by atoms with Crippen LogP contribution >= 0.6 is 11.6 Å². The fourth-order valence-corrected chi connectivity index (χ4v) is 4.78. The number of nitrogens with zero attached hydrogens (tertiary/aromatic N) is 3. The molecule has 2 N–H and O–H groups in total. The zero-order chi connectivity index (χ0) is 19.4. The van der Waals surface area contributed by atoms with Gasteiger partial charge in [0.1, 0.15) is 0 Å². The molecular formula is C18H28ClN5O2S. The van der Waals surface area contributed by atoms with Crippen LogP contribution in [0.5, 0.6) is 0 Å². The normalized spacial score (nSPS) is 24.4. The van der Waals surface area contributed by atoms with E-state index in [1.54, 1.807) is 11.4 Å². The van der Waals surface area contributed by atoms with E-state index in [-0.39, 0.29) is 0 Å². The molecule has 0 amide bonds. The molecule has 0 radical (unpaired) electrons. The first-order chi connectivity index (χ1) is 12.8. The smallest absolute Gasteiger partial charge is 0.211 e. The first-order valence-electron chi connectivity index (χ1n) is 9.28. The van der Waals surface area contributed by atoms with Crippen LogP contribution in [0, 0.1) is 5.92 Å². The molecule has 2 aliphatic rings. The van der Waals surface area contributed by atoms with E-state index in [9.17, 15) is 8.42 Å². The van der Waals surface area contributed by atoms with Gasteiger partial charge in [-0.25, -0.2) is 12.7 Å². The third-order valence-corrected chi connectivity index (χ3v) is 6.71. The molecule has 2 heterocycles. The highest BCUT2D eigenvalue weighted by Crippen LogP contribution is 2.23. The first-order valence-corrected chi connectivity index (χ1v) is 11.5. The van der Waals surface area contributed by atoms with E-state index in [1.165, 1.54) is 6.26 Å². The summed E-state index contributed by atoms with van der Waals surface area (Å²) in [5.41, 5.74) is 1.14. The molecule has 2 aliphatic heterocycles. The van der Waals surface area contributed by atoms with Gasteiger partial charge in [0, 0.05) is 56.5 Å². The lowest BCUT2D eigenvalue weighted by atomic mass is 10.1. The van der Waals surface area contributed by atoms with Gasteiger partial charge in [0.2, 0.25) is 10.0 Å². The number of rotatable bonds is 5. The summed E-state index contributed by atoms with van der Waals surface area (Å²) < 4.78 is 24.8. The lowest BCUT2D eigenvalue weighted by Crippen LogP contribution is -2.46. The Balaban J connectivity index is 1.46. The topological polar surface area (TPSA) is 77.0 Å². The van der Waals surface area contributed by atoms with Crippen LogP contribution in [-0.2, 0) is 10.0 Å². The van der Waals surface area contributed by atoms with Gasteiger partial charge in [-0.2, -0.15) is 0 Å². The molecule has 0 bridgehead atoms. The second-order valence-electron chi connectivity index (χ2n) is 7.28. The maximum absolute atomic E-state index is 11.6. The van der Waals surface area contributed by atoms with Crippen molar-refractivity contribution in [2.45, 2.75) is 18.9 Å². The van der Waals surface area contributed by atoms with Crippen LogP contribution < -0.4 is 15.5 Å². The number of hydrogen-bond donors (Lipinski definition) is 2. The molecular weight excluding hydrogens is 386 g/mol. The van der Waals surface area contributed by atoms with Crippen LogP contribution in [-0.4, -0.2) is 70.8 Å². The van der Waals surface area contributed by atoms with E-state index in [0.717, 1.165) is 49.1 Å². The van der Waals surface area contributed by atoms with Gasteiger partial charge in [-0.3, -0.25) is 4.99 Å². The summed E-state index contributed by atoms with van der Waals surface area (Å²) in [6.07, 6.45) is 3.18. The molecule has 2 fully saturated rings. The Bertz CT molecular complexity index is 786. The van der Waals surface area contributed by atoms with E-state index >= 15 is 0 Å². The number of halogens is 1. The van der Waals surface area contributed by atoms with Crippen molar-refractivity contribution in [2.24, 2.45) is 10.9 Å². The molecule has 27 heavy (non-hydrogen) atoms. The van der Waals surface area contributed by atoms with Gasteiger partial charge in [-0.15, -0.1) is 0 Å². The van der Waals surface area contributed by atoms with Gasteiger partial charge >= 0.3 is 0 Å². The number of guanidine groups is 1. The summed E-state index contributed by atoms with van der Waals surface area (Å²) in [5.74, 6) is 1.08. The minimum Gasteiger partial charge on any atom is -0.369 e. The second kappa shape index (κ2) is 8.67. The minimum atomic E-state index is -3.09. The molecule has 2 atom stereocenters. The largest absolute Gasteiger partial charge is 0.369 e. The molecule has 2 saturated heterocycles. The lowest BCUT2D eigenvalue weighted by molar-refractivity contribution is 0.458. The van der Waals surface area contributed by atoms with Crippen LogP contribution in [0.25, 0.3) is 0 Å². The average molecular weight is 414 g/mol. The van der Waals surface area contributed by atoms with Crippen molar-refractivity contribution in [3.8, 4) is 0 Å². The SMILES string of the molecule is CN=C(NCC1CCN(S(C)(=O)=O)C1)NC1CCN(c2cccc(Cl)c2)C1. The monoisotopic (exact) mass is 413 g/mol. The Kier molecular flexibility index (Phi) is 6.49. The number of benzene rings is 1. The van der Waals surface area contributed by atoms with Gasteiger partial charge < -0.3 is 15.5 Å². The molecule has 0 saturated carbocycles. The van der Waals surface area contributed by atoms with Crippen LogP contribution in [0.2, 0.25) is 5.02 Å². The summed E-state index contributed by atoms with van der Waals surface area (Å²) >= 11 is 6.10. The van der Waals surface area contributed by atoms with Crippen molar-refractivity contribution < 1.29 is 8.42 Å². The number of hydrogen-bond acceptors (Lipinski definition) is 4. The van der Waals surface area contributed by atoms with Crippen molar-refractivity contribution in [1.82, 2.24) is 14.9 Å². The van der Waals surface area contributed by atoms with Crippen molar-refractivity contribution in [1.29, 1.82) is 0 Å². The molecule has 0 aromatic heterocycles. The molecule has 0 spiro atoms. The number of anilines is 1. The van der Waals surface area contributed by atoms with E-state index in [2.05, 4.69) is 26.6 Å². The molecule has 1 aromatic rings. The van der Waals surface area contributed by atoms with Crippen LogP contribution in [0.15, 0.2) is 29.3 Å². The van der Waals surface area contributed by atoms with Crippen molar-refractivity contribution in [3.05, 3.63) is 29.3 Å². The minimum absolute atomic E-state index is 0.310. The Morgan fingerprint density at radius 3 is 2.78 bits per heavy atom. The third-order valence-electron chi connectivity index (χ3n) is 5.20. The van der Waals surface area contributed by atoms with Crippen LogP contribution in [0.1, 0.15) is 12.8 Å². The standard InChI is InChI=1S/C18H28ClN5O2S/c1-20-18(21-11-14-6-9-24(12-14)27(2,25)26)22-16-7-8-23(13-16)17-5-3-4-15(19)10-17/h3-5,10,14,16H,6-9,11-13H2,1-2H3,(H2,20,21,22). The third kappa shape index (κ3) is 5.49. The quantitative estimate of drug-likeness (QED) is 0.563. The van der Waals surface area contributed by atoms with Crippen LogP contribution in [0.4, 0.5) is 5.69 Å². The highest BCUT2D eigenvalue weighted by molar-refractivity contribution is 7.88. The van der Waals surface area contributed by atoms with Crippen LogP contribution in [0.3, 0.4) is 0 Å². The van der Waals surface area contributed by atoms with Crippen molar-refractivity contribution in [3.63, 3.8) is 0 Å². The number of nitrogens with one attached hydrogen (secondary N) is 2. The van der Waals surface area contributed by atoms with Crippen molar-refractivity contribution >= 4 is 33.3 Å². The fraction of sp³-hybridized carbons (Fsp3) is 0.611. The Morgan fingerprint density at radius 1 is 1.30 bits per heavy atom. The summed E-state index contributed by atoms with van der Waals surface area (Å²) in [7, 11) is -1.33. The number of aliphatic imine (C=N–C) groups is 1.